The van der Waals surface area contributed by atoms with Gasteiger partial charge in [-0.2, -0.15) is 0 Å². The third-order valence-corrected chi connectivity index (χ3v) is 4.11. The Morgan fingerprint density at radius 3 is 2.75 bits per heavy atom. The van der Waals surface area contributed by atoms with Crippen LogP contribution in [0.2, 0.25) is 0 Å². The average molecular weight is 273 g/mol. The van der Waals surface area contributed by atoms with E-state index in [0.29, 0.717) is 13.0 Å². The van der Waals surface area contributed by atoms with Gasteiger partial charge < -0.3 is 10.3 Å². The maximum absolute atomic E-state index is 13.7. The third kappa shape index (κ3) is 2.04. The molecule has 1 aliphatic rings. The second kappa shape index (κ2) is 4.70. The van der Waals surface area contributed by atoms with Crippen molar-refractivity contribution in [3.8, 4) is 11.3 Å². The summed E-state index contributed by atoms with van der Waals surface area (Å²) in [6.07, 6.45) is -0.514. The van der Waals surface area contributed by atoms with Gasteiger partial charge in [-0.25, -0.2) is 9.37 Å². The zero-order valence-corrected chi connectivity index (χ0v) is 12.2. The monoisotopic (exact) mass is 273 g/mol. The summed E-state index contributed by atoms with van der Waals surface area (Å²) in [5.41, 5.74) is 11.5. The van der Waals surface area contributed by atoms with Gasteiger partial charge in [0, 0.05) is 17.7 Å². The van der Waals surface area contributed by atoms with Crippen LogP contribution in [0.25, 0.3) is 11.3 Å². The molecule has 4 heteroatoms. The number of nitrogens with two attached hydrogens (primary N) is 1. The van der Waals surface area contributed by atoms with Gasteiger partial charge in [-0.3, -0.25) is 0 Å². The standard InChI is InChI=1S/C16H20FN3/c1-9-4-5-13(10(2)6-9)15-11(3)20-8-12(17)7-14(18)16(20)19-15/h4-6,12,14H,7-8,18H2,1-3H3. The van der Waals surface area contributed by atoms with Crippen LogP contribution in [0.1, 0.15) is 35.1 Å². The van der Waals surface area contributed by atoms with Gasteiger partial charge in [0.05, 0.1) is 18.3 Å². The fraction of sp³-hybridized carbons (Fsp3) is 0.438. The van der Waals surface area contributed by atoms with E-state index in [0.717, 1.165) is 22.8 Å². The molecular formula is C16H20FN3. The summed E-state index contributed by atoms with van der Waals surface area (Å²) in [6, 6.07) is 6.00. The lowest BCUT2D eigenvalue weighted by molar-refractivity contribution is 0.229. The Balaban J connectivity index is 2.14. The van der Waals surface area contributed by atoms with Crippen molar-refractivity contribution in [3.05, 3.63) is 40.8 Å². The molecule has 2 atom stereocenters. The largest absolute Gasteiger partial charge is 0.327 e. The first kappa shape index (κ1) is 13.3. The van der Waals surface area contributed by atoms with E-state index in [1.54, 1.807) is 0 Å². The lowest BCUT2D eigenvalue weighted by Crippen LogP contribution is -2.30. The molecule has 3 rings (SSSR count). The first-order valence-corrected chi connectivity index (χ1v) is 7.01. The molecular weight excluding hydrogens is 253 g/mol. The Hall–Kier alpha value is -1.68. The van der Waals surface area contributed by atoms with Crippen LogP contribution in [0, 0.1) is 20.8 Å². The van der Waals surface area contributed by atoms with E-state index in [1.165, 1.54) is 11.1 Å². The highest BCUT2D eigenvalue weighted by Gasteiger charge is 2.29. The van der Waals surface area contributed by atoms with E-state index in [2.05, 4.69) is 32.0 Å². The molecule has 0 aliphatic carbocycles. The Bertz CT molecular complexity index is 660. The summed E-state index contributed by atoms with van der Waals surface area (Å²) < 4.78 is 15.6. The van der Waals surface area contributed by atoms with Gasteiger partial charge in [0.2, 0.25) is 0 Å². The molecule has 1 aromatic carbocycles. The van der Waals surface area contributed by atoms with Crippen LogP contribution in [-0.4, -0.2) is 15.7 Å². The Kier molecular flexibility index (Phi) is 3.13. The van der Waals surface area contributed by atoms with Gasteiger partial charge in [-0.15, -0.1) is 0 Å². The van der Waals surface area contributed by atoms with E-state index < -0.39 is 6.17 Å². The maximum atomic E-state index is 13.7. The Morgan fingerprint density at radius 2 is 2.05 bits per heavy atom. The molecule has 0 saturated heterocycles. The van der Waals surface area contributed by atoms with Crippen LogP contribution in [0.3, 0.4) is 0 Å². The van der Waals surface area contributed by atoms with Gasteiger partial charge >= 0.3 is 0 Å². The molecule has 2 heterocycles. The number of nitrogens with zero attached hydrogens (tertiary/aromatic N) is 2. The number of aromatic nitrogens is 2. The van der Waals surface area contributed by atoms with E-state index in [1.807, 2.05) is 11.5 Å². The molecule has 0 amide bonds. The molecule has 106 valence electrons. The van der Waals surface area contributed by atoms with E-state index >= 15 is 0 Å². The number of imidazole rings is 1. The van der Waals surface area contributed by atoms with Gasteiger partial charge in [-0.05, 0) is 26.3 Å². The minimum atomic E-state index is -0.877. The Labute approximate surface area is 118 Å². The van der Waals surface area contributed by atoms with Crippen LogP contribution in [0.4, 0.5) is 4.39 Å². The molecule has 3 nitrogen and oxygen atoms in total. The van der Waals surface area contributed by atoms with Gasteiger partial charge in [0.1, 0.15) is 12.0 Å². The van der Waals surface area contributed by atoms with Crippen LogP contribution in [-0.2, 0) is 6.54 Å². The molecule has 2 unspecified atom stereocenters. The average Bonchev–Trinajstić information content (AvgIpc) is 2.68. The zero-order chi connectivity index (χ0) is 14.4. The van der Waals surface area contributed by atoms with Crippen molar-refractivity contribution in [1.82, 2.24) is 9.55 Å². The number of fused-ring (bicyclic) bond motifs is 1. The number of alkyl halides is 1. The highest BCUT2D eigenvalue weighted by Crippen LogP contribution is 2.33. The maximum Gasteiger partial charge on any atom is 0.126 e. The second-order valence-electron chi connectivity index (χ2n) is 5.77. The number of benzene rings is 1. The number of hydrogen-bond acceptors (Lipinski definition) is 2. The molecule has 0 saturated carbocycles. The lowest BCUT2D eigenvalue weighted by Gasteiger charge is -2.23. The minimum absolute atomic E-state index is 0.308. The molecule has 1 aromatic heterocycles. The summed E-state index contributed by atoms with van der Waals surface area (Å²) in [6.45, 7) is 6.52. The SMILES string of the molecule is Cc1ccc(-c2nc3n(c2C)CC(F)CC3N)c(C)c1. The second-order valence-corrected chi connectivity index (χ2v) is 5.77. The van der Waals surface area contributed by atoms with Crippen molar-refractivity contribution < 1.29 is 4.39 Å². The van der Waals surface area contributed by atoms with Crippen LogP contribution in [0.5, 0.6) is 0 Å². The number of aryl methyl sites for hydroxylation is 2. The first-order valence-electron chi connectivity index (χ1n) is 7.01. The number of rotatable bonds is 1. The third-order valence-electron chi connectivity index (χ3n) is 4.11. The van der Waals surface area contributed by atoms with Gasteiger partial charge in [0.15, 0.2) is 0 Å². The summed E-state index contributed by atoms with van der Waals surface area (Å²) in [5.74, 6) is 0.811. The van der Waals surface area contributed by atoms with Crippen LogP contribution >= 0.6 is 0 Å². The highest BCUT2D eigenvalue weighted by atomic mass is 19.1. The lowest BCUT2D eigenvalue weighted by atomic mass is 10.0. The predicted molar refractivity (Wildman–Crippen MR) is 78.3 cm³/mol. The van der Waals surface area contributed by atoms with Crippen molar-refractivity contribution >= 4 is 0 Å². The van der Waals surface area contributed by atoms with E-state index in [9.17, 15) is 4.39 Å². The summed E-state index contributed by atoms with van der Waals surface area (Å²) in [7, 11) is 0. The first-order chi connectivity index (χ1) is 9.47. The molecule has 2 aromatic rings. The van der Waals surface area contributed by atoms with Crippen LogP contribution in [0.15, 0.2) is 18.2 Å². The van der Waals surface area contributed by atoms with Crippen molar-refractivity contribution in [3.63, 3.8) is 0 Å². The highest BCUT2D eigenvalue weighted by molar-refractivity contribution is 5.66. The molecule has 20 heavy (non-hydrogen) atoms. The molecule has 0 spiro atoms. The topological polar surface area (TPSA) is 43.8 Å². The van der Waals surface area contributed by atoms with Gasteiger partial charge in [0.25, 0.3) is 0 Å². The predicted octanol–water partition coefficient (Wildman–Crippen LogP) is 3.22. The van der Waals surface area contributed by atoms with E-state index in [4.69, 9.17) is 10.7 Å². The Morgan fingerprint density at radius 1 is 1.30 bits per heavy atom. The van der Waals surface area contributed by atoms with E-state index in [-0.39, 0.29) is 6.04 Å². The van der Waals surface area contributed by atoms with Crippen molar-refractivity contribution in [1.29, 1.82) is 0 Å². The molecule has 2 N–H and O–H groups in total. The normalized spacial score (nSPS) is 21.9. The molecule has 0 radical (unpaired) electrons. The smallest absolute Gasteiger partial charge is 0.126 e. The van der Waals surface area contributed by atoms with Crippen molar-refractivity contribution in [2.24, 2.45) is 5.73 Å². The van der Waals surface area contributed by atoms with Crippen molar-refractivity contribution in [2.45, 2.75) is 46.0 Å². The zero-order valence-electron chi connectivity index (χ0n) is 12.2. The quantitative estimate of drug-likeness (QED) is 0.867. The summed E-state index contributed by atoms with van der Waals surface area (Å²) >= 11 is 0. The number of hydrogen-bond donors (Lipinski definition) is 1. The summed E-state index contributed by atoms with van der Waals surface area (Å²) in [5, 5.41) is 0. The fourth-order valence-electron chi connectivity index (χ4n) is 3.06. The molecule has 0 fully saturated rings. The fourth-order valence-corrected chi connectivity index (χ4v) is 3.06. The molecule has 0 bridgehead atoms. The van der Waals surface area contributed by atoms with Gasteiger partial charge in [-0.1, -0.05) is 23.8 Å². The molecule has 1 aliphatic heterocycles. The van der Waals surface area contributed by atoms with Crippen molar-refractivity contribution in [2.75, 3.05) is 0 Å². The minimum Gasteiger partial charge on any atom is -0.327 e. The number of halogens is 1. The summed E-state index contributed by atoms with van der Waals surface area (Å²) in [4.78, 5) is 4.70. The van der Waals surface area contributed by atoms with Crippen LogP contribution < -0.4 is 5.73 Å².